The van der Waals surface area contributed by atoms with Crippen molar-refractivity contribution >= 4 is 11.9 Å². The normalized spacial score (nSPS) is 10.3. The number of carboxylic acid groups (broad SMARTS) is 1. The fourth-order valence-electron chi connectivity index (χ4n) is 2.01. The first kappa shape index (κ1) is 15.6. The fourth-order valence-corrected chi connectivity index (χ4v) is 2.01. The van der Waals surface area contributed by atoms with Crippen LogP contribution >= 0.6 is 0 Å². The minimum atomic E-state index is -1.28. The maximum atomic E-state index is 14.0. The van der Waals surface area contributed by atoms with E-state index in [-0.39, 0.29) is 22.3 Å². The highest BCUT2D eigenvalue weighted by Gasteiger charge is 2.13. The highest BCUT2D eigenvalue weighted by Crippen LogP contribution is 2.24. The number of benzene rings is 2. The van der Waals surface area contributed by atoms with E-state index < -0.39 is 23.5 Å². The topological polar surface area (TPSA) is 66.4 Å². The molecule has 6 heteroatoms. The average molecular weight is 305 g/mol. The largest absolute Gasteiger partial charge is 0.478 e. The molecule has 0 radical (unpaired) electrons. The quantitative estimate of drug-likeness (QED) is 0.912. The molecule has 0 fully saturated rings. The molecule has 114 valence electrons. The Kier molecular flexibility index (Phi) is 4.50. The van der Waals surface area contributed by atoms with Gasteiger partial charge in [-0.2, -0.15) is 0 Å². The van der Waals surface area contributed by atoms with Gasteiger partial charge in [0.25, 0.3) is 5.91 Å². The van der Waals surface area contributed by atoms with Gasteiger partial charge in [0, 0.05) is 6.54 Å². The fraction of sp³-hybridized carbons (Fsp3) is 0.125. The lowest BCUT2D eigenvalue weighted by Gasteiger charge is -2.08. The molecule has 0 aromatic heterocycles. The summed E-state index contributed by atoms with van der Waals surface area (Å²) in [6.45, 7) is 2.08. The summed E-state index contributed by atoms with van der Waals surface area (Å²) in [4.78, 5) is 22.5. The molecular weight excluding hydrogens is 292 g/mol. The number of carbonyl (C=O) groups is 2. The van der Waals surface area contributed by atoms with Gasteiger partial charge >= 0.3 is 5.97 Å². The summed E-state index contributed by atoms with van der Waals surface area (Å²) >= 11 is 0. The Morgan fingerprint density at radius 1 is 1.09 bits per heavy atom. The lowest BCUT2D eigenvalue weighted by Crippen LogP contribution is -2.23. The van der Waals surface area contributed by atoms with Crippen molar-refractivity contribution in [1.82, 2.24) is 5.32 Å². The van der Waals surface area contributed by atoms with Crippen molar-refractivity contribution in [2.75, 3.05) is 6.54 Å². The molecule has 0 aliphatic carbocycles. The van der Waals surface area contributed by atoms with Crippen LogP contribution < -0.4 is 5.32 Å². The van der Waals surface area contributed by atoms with E-state index in [1.165, 1.54) is 18.2 Å². The predicted molar refractivity (Wildman–Crippen MR) is 76.8 cm³/mol. The van der Waals surface area contributed by atoms with E-state index in [2.05, 4.69) is 5.32 Å². The highest BCUT2D eigenvalue weighted by molar-refractivity contribution is 5.95. The molecule has 2 rings (SSSR count). The zero-order chi connectivity index (χ0) is 16.3. The number of aromatic carboxylic acids is 1. The number of amides is 1. The van der Waals surface area contributed by atoms with Gasteiger partial charge in [-0.1, -0.05) is 6.07 Å². The summed E-state index contributed by atoms with van der Waals surface area (Å²) in [6, 6.07) is 7.02. The van der Waals surface area contributed by atoms with Gasteiger partial charge in [-0.15, -0.1) is 0 Å². The van der Waals surface area contributed by atoms with Crippen molar-refractivity contribution in [3.05, 3.63) is 59.2 Å². The molecule has 1 amide bonds. The number of hydrogen-bond donors (Lipinski definition) is 2. The van der Waals surface area contributed by atoms with Crippen LogP contribution in [0.2, 0.25) is 0 Å². The maximum Gasteiger partial charge on any atom is 0.335 e. The zero-order valence-electron chi connectivity index (χ0n) is 11.7. The van der Waals surface area contributed by atoms with Crippen molar-refractivity contribution in [2.24, 2.45) is 0 Å². The molecule has 0 saturated heterocycles. The van der Waals surface area contributed by atoms with E-state index >= 15 is 0 Å². The van der Waals surface area contributed by atoms with Crippen LogP contribution in [0.25, 0.3) is 11.1 Å². The third kappa shape index (κ3) is 3.28. The first-order chi connectivity index (χ1) is 10.4. The van der Waals surface area contributed by atoms with Crippen LogP contribution in [0.4, 0.5) is 8.78 Å². The lowest BCUT2D eigenvalue weighted by molar-refractivity contribution is 0.0696. The second-order valence-electron chi connectivity index (χ2n) is 4.59. The lowest BCUT2D eigenvalue weighted by atomic mass is 10.0. The summed E-state index contributed by atoms with van der Waals surface area (Å²) in [6.07, 6.45) is 0. The third-order valence-corrected chi connectivity index (χ3v) is 3.03. The van der Waals surface area contributed by atoms with Gasteiger partial charge in [-0.3, -0.25) is 4.79 Å². The molecule has 2 aromatic rings. The predicted octanol–water partition coefficient (Wildman–Crippen LogP) is 3.08. The Balaban J connectivity index is 2.44. The number of carbonyl (C=O) groups excluding carboxylic acids is 1. The number of halogens is 2. The summed E-state index contributed by atoms with van der Waals surface area (Å²) < 4.78 is 27.5. The third-order valence-electron chi connectivity index (χ3n) is 3.03. The first-order valence-electron chi connectivity index (χ1n) is 6.54. The molecule has 0 bridgehead atoms. The summed E-state index contributed by atoms with van der Waals surface area (Å²) in [5, 5.41) is 11.4. The highest BCUT2D eigenvalue weighted by atomic mass is 19.1. The van der Waals surface area contributed by atoms with Crippen molar-refractivity contribution in [1.29, 1.82) is 0 Å². The van der Waals surface area contributed by atoms with Crippen LogP contribution in [0.15, 0.2) is 36.4 Å². The van der Waals surface area contributed by atoms with Crippen LogP contribution in [0, 0.1) is 11.6 Å². The Morgan fingerprint density at radius 2 is 1.82 bits per heavy atom. The second-order valence-corrected chi connectivity index (χ2v) is 4.59. The van der Waals surface area contributed by atoms with Gasteiger partial charge in [0.15, 0.2) is 0 Å². The summed E-state index contributed by atoms with van der Waals surface area (Å²) in [5.41, 5.74) is 0.148. The smallest absolute Gasteiger partial charge is 0.335 e. The van der Waals surface area contributed by atoms with Gasteiger partial charge in [0.05, 0.1) is 11.1 Å². The number of rotatable bonds is 4. The van der Waals surface area contributed by atoms with Crippen LogP contribution in [0.3, 0.4) is 0 Å². The van der Waals surface area contributed by atoms with Crippen molar-refractivity contribution in [3.8, 4) is 11.1 Å². The molecule has 0 aliphatic heterocycles. The van der Waals surface area contributed by atoms with E-state index in [4.69, 9.17) is 5.11 Å². The van der Waals surface area contributed by atoms with Gasteiger partial charge < -0.3 is 10.4 Å². The molecular formula is C16H13F2NO3. The van der Waals surface area contributed by atoms with Crippen molar-refractivity contribution in [3.63, 3.8) is 0 Å². The molecule has 0 spiro atoms. The van der Waals surface area contributed by atoms with Crippen LogP contribution in [0.5, 0.6) is 0 Å². The Bertz CT molecular complexity index is 744. The zero-order valence-corrected chi connectivity index (χ0v) is 11.7. The molecule has 0 saturated carbocycles. The van der Waals surface area contributed by atoms with Crippen LogP contribution in [-0.2, 0) is 0 Å². The van der Waals surface area contributed by atoms with Crippen molar-refractivity contribution < 1.29 is 23.5 Å². The van der Waals surface area contributed by atoms with Crippen LogP contribution in [-0.4, -0.2) is 23.5 Å². The monoisotopic (exact) mass is 305 g/mol. The molecule has 0 atom stereocenters. The van der Waals surface area contributed by atoms with Gasteiger partial charge in [0.2, 0.25) is 0 Å². The molecule has 0 heterocycles. The maximum absolute atomic E-state index is 14.0. The van der Waals surface area contributed by atoms with Crippen LogP contribution in [0.1, 0.15) is 27.6 Å². The number of hydrogen-bond acceptors (Lipinski definition) is 2. The van der Waals surface area contributed by atoms with Gasteiger partial charge in [-0.25, -0.2) is 13.6 Å². The standard InChI is InChI=1S/C16H13F2NO3/c1-2-19-15(20)13-4-3-9(8-14(13)18)10-5-11(16(21)22)7-12(17)6-10/h3-8H,2H2,1H3,(H,19,20)(H,21,22). The van der Waals surface area contributed by atoms with E-state index in [0.29, 0.717) is 6.54 Å². The average Bonchev–Trinajstić information content (AvgIpc) is 2.46. The first-order valence-corrected chi connectivity index (χ1v) is 6.54. The van der Waals surface area contributed by atoms with Crippen molar-refractivity contribution in [2.45, 2.75) is 6.92 Å². The molecule has 4 nitrogen and oxygen atoms in total. The van der Waals surface area contributed by atoms with Gasteiger partial charge in [0.1, 0.15) is 11.6 Å². The molecule has 2 N–H and O–H groups in total. The summed E-state index contributed by atoms with van der Waals surface area (Å²) in [7, 11) is 0. The molecule has 2 aromatic carbocycles. The minimum Gasteiger partial charge on any atom is -0.478 e. The molecule has 0 unspecified atom stereocenters. The summed E-state index contributed by atoms with van der Waals surface area (Å²) in [5.74, 6) is -3.31. The van der Waals surface area contributed by atoms with Gasteiger partial charge in [-0.05, 0) is 48.4 Å². The SMILES string of the molecule is CCNC(=O)c1ccc(-c2cc(F)cc(C(=O)O)c2)cc1F. The Morgan fingerprint density at radius 3 is 2.41 bits per heavy atom. The second kappa shape index (κ2) is 6.34. The molecule has 0 aliphatic rings. The van der Waals surface area contributed by atoms with E-state index in [0.717, 1.165) is 18.2 Å². The number of nitrogens with one attached hydrogen (secondary N) is 1. The van der Waals surface area contributed by atoms with E-state index in [9.17, 15) is 18.4 Å². The van der Waals surface area contributed by atoms with E-state index in [1.807, 2.05) is 0 Å². The molecule has 22 heavy (non-hydrogen) atoms. The Hall–Kier alpha value is -2.76. The minimum absolute atomic E-state index is 0.125. The van der Waals surface area contributed by atoms with E-state index in [1.54, 1.807) is 6.92 Å². The number of carboxylic acids is 1. The Labute approximate surface area is 125 Å².